The Morgan fingerprint density at radius 2 is 2.06 bits per heavy atom. The Morgan fingerprint density at radius 3 is 2.62 bits per heavy atom. The summed E-state index contributed by atoms with van der Waals surface area (Å²) in [5.74, 6) is 2.11. The average Bonchev–Trinajstić information content (AvgIpc) is 3.00. The molecule has 0 saturated carbocycles. The van der Waals surface area contributed by atoms with Crippen molar-refractivity contribution in [3.8, 4) is 12.3 Å². The van der Waals surface area contributed by atoms with Gasteiger partial charge in [-0.2, -0.15) is 4.98 Å². The van der Waals surface area contributed by atoms with E-state index in [2.05, 4.69) is 57.0 Å². The number of carbonyl (C=O) groups is 1. The van der Waals surface area contributed by atoms with E-state index in [1.807, 2.05) is 0 Å². The minimum atomic E-state index is -2.18. The molecule has 0 spiro atoms. The molecule has 4 atom stereocenters. The van der Waals surface area contributed by atoms with Gasteiger partial charge in [-0.15, -0.1) is 6.42 Å². The lowest BCUT2D eigenvalue weighted by molar-refractivity contribution is -0.116. The van der Waals surface area contributed by atoms with Crippen LogP contribution in [0.4, 0.5) is 5.82 Å². The topological polar surface area (TPSA) is 123 Å². The van der Waals surface area contributed by atoms with Gasteiger partial charge in [-0.25, -0.2) is 4.79 Å². The summed E-state index contributed by atoms with van der Waals surface area (Å²) in [4.78, 5) is 28.6. The van der Waals surface area contributed by atoms with Gasteiger partial charge in [0.25, 0.3) is 0 Å². The summed E-state index contributed by atoms with van der Waals surface area (Å²) in [6.45, 7) is 12.4. The van der Waals surface area contributed by atoms with Gasteiger partial charge in [0.05, 0.1) is 6.61 Å². The second kappa shape index (κ2) is 11.1. The predicted octanol–water partition coefficient (Wildman–Crippen LogP) is 2.80. The first-order valence-corrected chi connectivity index (χ1v) is 14.7. The molecule has 0 aromatic carbocycles. The summed E-state index contributed by atoms with van der Waals surface area (Å²) in [7, 11) is -2.18. The van der Waals surface area contributed by atoms with E-state index in [0.29, 0.717) is 6.42 Å². The maximum absolute atomic E-state index is 12.7. The van der Waals surface area contributed by atoms with E-state index in [1.165, 1.54) is 12.3 Å². The number of carbonyl (C=O) groups excluding carboxylic acids is 1. The maximum Gasteiger partial charge on any atom is 0.351 e. The van der Waals surface area contributed by atoms with E-state index in [0.717, 1.165) is 30.3 Å². The van der Waals surface area contributed by atoms with E-state index in [-0.39, 0.29) is 23.4 Å². The Hall–Kier alpha value is -2.03. The lowest BCUT2D eigenvalue weighted by atomic mass is 9.93. The standard InChI is InChI=1S/C24H39N3O6Si/c1-8-10-11-12-13-19(28)25-18-14-15-27(22(30)26-18)21-20(29)24(31,9-2)17(33-21)16-32-34(6,7)23(3,4)5/h2,14-15,17,20-21,29,31H,8,10-13,16H2,1,3-7H3,(H,25,26,28,30)/t17-,20+,21-,24-/m1/s1. The van der Waals surface area contributed by atoms with Crippen LogP contribution in [-0.4, -0.2) is 58.4 Å². The number of hydrogen-bond acceptors (Lipinski definition) is 7. The number of unbranched alkanes of at least 4 members (excludes halogenated alkanes) is 3. The molecule has 1 saturated heterocycles. The Morgan fingerprint density at radius 1 is 1.38 bits per heavy atom. The van der Waals surface area contributed by atoms with Gasteiger partial charge in [0.15, 0.2) is 20.1 Å². The van der Waals surface area contributed by atoms with Crippen molar-refractivity contribution >= 4 is 20.0 Å². The number of nitrogens with one attached hydrogen (secondary N) is 1. The molecule has 1 amide bonds. The van der Waals surface area contributed by atoms with Crippen molar-refractivity contribution in [3.05, 3.63) is 22.7 Å². The van der Waals surface area contributed by atoms with Crippen LogP contribution in [0.15, 0.2) is 17.1 Å². The molecule has 9 nitrogen and oxygen atoms in total. The molecule has 1 aliphatic rings. The molecule has 3 N–H and O–H groups in total. The lowest BCUT2D eigenvalue weighted by Gasteiger charge is -2.37. The second-order valence-electron chi connectivity index (χ2n) is 10.4. The zero-order chi connectivity index (χ0) is 25.7. The van der Waals surface area contributed by atoms with E-state index in [4.69, 9.17) is 15.6 Å². The summed E-state index contributed by atoms with van der Waals surface area (Å²) < 4.78 is 13.0. The number of terminal acetylenes is 1. The van der Waals surface area contributed by atoms with Gasteiger partial charge >= 0.3 is 5.69 Å². The molecule has 1 aromatic heterocycles. The minimum Gasteiger partial charge on any atom is -0.414 e. The van der Waals surface area contributed by atoms with Gasteiger partial charge in [0.1, 0.15) is 18.0 Å². The number of nitrogens with zero attached hydrogens (tertiary/aromatic N) is 2. The summed E-state index contributed by atoms with van der Waals surface area (Å²) >= 11 is 0. The highest BCUT2D eigenvalue weighted by molar-refractivity contribution is 6.74. The van der Waals surface area contributed by atoms with Crippen molar-refractivity contribution in [1.82, 2.24) is 9.55 Å². The Bertz CT molecular complexity index is 951. The Kier molecular flexibility index (Phi) is 9.24. The first-order valence-electron chi connectivity index (χ1n) is 11.8. The largest absolute Gasteiger partial charge is 0.414 e. The monoisotopic (exact) mass is 493 g/mol. The zero-order valence-corrected chi connectivity index (χ0v) is 22.1. The highest BCUT2D eigenvalue weighted by atomic mass is 28.4. The van der Waals surface area contributed by atoms with Gasteiger partial charge in [0, 0.05) is 12.6 Å². The highest BCUT2D eigenvalue weighted by Crippen LogP contribution is 2.40. The number of amides is 1. The summed E-state index contributed by atoms with van der Waals surface area (Å²) in [6.07, 6.45) is 7.25. The van der Waals surface area contributed by atoms with Crippen LogP contribution >= 0.6 is 0 Å². The molecule has 0 unspecified atom stereocenters. The second-order valence-corrected chi connectivity index (χ2v) is 15.2. The number of aromatic nitrogens is 2. The molecule has 1 aliphatic heterocycles. The smallest absolute Gasteiger partial charge is 0.351 e. The predicted molar refractivity (Wildman–Crippen MR) is 133 cm³/mol. The normalized spacial score (nSPS) is 25.2. The van der Waals surface area contributed by atoms with E-state index >= 15 is 0 Å². The van der Waals surface area contributed by atoms with E-state index < -0.39 is 38.0 Å². The number of aliphatic hydroxyl groups excluding tert-OH is 1. The Labute approximate surface area is 203 Å². The van der Waals surface area contributed by atoms with Crippen molar-refractivity contribution in [2.75, 3.05) is 11.9 Å². The first-order chi connectivity index (χ1) is 15.8. The van der Waals surface area contributed by atoms with Crippen LogP contribution in [-0.2, 0) is 14.0 Å². The summed E-state index contributed by atoms with van der Waals surface area (Å²) in [5, 5.41) is 24.3. The van der Waals surface area contributed by atoms with Crippen LogP contribution in [0.5, 0.6) is 0 Å². The van der Waals surface area contributed by atoms with Gasteiger partial charge in [-0.05, 0) is 30.6 Å². The van der Waals surface area contributed by atoms with Crippen LogP contribution in [0.25, 0.3) is 0 Å². The maximum atomic E-state index is 12.7. The molecule has 34 heavy (non-hydrogen) atoms. The van der Waals surface area contributed by atoms with E-state index in [9.17, 15) is 19.8 Å². The number of ether oxygens (including phenoxy) is 1. The van der Waals surface area contributed by atoms with Gasteiger partial charge < -0.3 is 24.7 Å². The number of rotatable bonds is 10. The van der Waals surface area contributed by atoms with Crippen molar-refractivity contribution in [1.29, 1.82) is 0 Å². The molecule has 2 rings (SSSR count). The lowest BCUT2D eigenvalue weighted by Crippen LogP contribution is -2.51. The number of aliphatic hydroxyl groups is 2. The van der Waals surface area contributed by atoms with E-state index in [1.54, 1.807) is 0 Å². The number of anilines is 1. The number of hydrogen-bond donors (Lipinski definition) is 3. The fourth-order valence-electron chi connectivity index (χ4n) is 3.41. The third-order valence-electron chi connectivity index (χ3n) is 6.78. The Balaban J connectivity index is 2.14. The zero-order valence-electron chi connectivity index (χ0n) is 21.1. The van der Waals surface area contributed by atoms with Crippen LogP contribution in [0.1, 0.15) is 66.0 Å². The molecule has 1 aromatic rings. The SMILES string of the molecule is C#C[C@@]1(O)[C@@H](CO[Si](C)(C)C(C)(C)C)O[C@@H](n2ccc(NC(=O)CCCCCC)nc2=O)[C@@H]1O. The van der Waals surface area contributed by atoms with Gasteiger partial charge in [0.2, 0.25) is 5.91 Å². The highest BCUT2D eigenvalue weighted by Gasteiger charge is 2.56. The van der Waals surface area contributed by atoms with Crippen LogP contribution < -0.4 is 11.0 Å². The van der Waals surface area contributed by atoms with Gasteiger partial charge in [-0.1, -0.05) is 52.9 Å². The first kappa shape index (κ1) is 28.2. The fraction of sp³-hybridized carbons (Fsp3) is 0.708. The molecular formula is C24H39N3O6Si. The summed E-state index contributed by atoms with van der Waals surface area (Å²) in [6, 6.07) is 1.44. The average molecular weight is 494 g/mol. The van der Waals surface area contributed by atoms with Gasteiger partial charge in [-0.3, -0.25) is 9.36 Å². The molecule has 2 heterocycles. The molecule has 0 bridgehead atoms. The third kappa shape index (κ3) is 6.34. The van der Waals surface area contributed by atoms with Crippen molar-refractivity contribution < 1.29 is 24.2 Å². The molecular weight excluding hydrogens is 454 g/mol. The summed E-state index contributed by atoms with van der Waals surface area (Å²) in [5.41, 5.74) is -2.80. The van der Waals surface area contributed by atoms with Crippen molar-refractivity contribution in [2.24, 2.45) is 0 Å². The quantitative estimate of drug-likeness (QED) is 0.260. The van der Waals surface area contributed by atoms with Crippen LogP contribution in [0.2, 0.25) is 18.1 Å². The van der Waals surface area contributed by atoms with Crippen molar-refractivity contribution in [2.45, 2.75) is 102 Å². The van der Waals surface area contributed by atoms with Crippen molar-refractivity contribution in [3.63, 3.8) is 0 Å². The molecule has 10 heteroatoms. The fourth-order valence-corrected chi connectivity index (χ4v) is 4.41. The minimum absolute atomic E-state index is 0.0287. The van der Waals surface area contributed by atoms with Crippen LogP contribution in [0, 0.1) is 12.3 Å². The molecule has 190 valence electrons. The third-order valence-corrected chi connectivity index (χ3v) is 11.3. The molecule has 0 aliphatic carbocycles. The molecule has 0 radical (unpaired) electrons. The van der Waals surface area contributed by atoms with Crippen LogP contribution in [0.3, 0.4) is 0 Å². The molecule has 1 fully saturated rings.